The maximum atomic E-state index is 12.5. The number of aromatic nitrogens is 2. The number of aromatic hydroxyl groups is 1. The number of para-hydroxylation sites is 2. The molecule has 4 N–H and O–H groups in total. The molecule has 2 aromatic carbocycles. The standard InChI is InChI=1S/C19H18N4O6S/c1-29-16-5-3-2-4-14(16)23-17(25)10-15(24)18(22-23)19(26)21-11-12-6-8-13(9-7-12)30(20,27)28/h2-10,24H,11H2,1H3,(H,21,26)(H2,20,27,28). The van der Waals surface area contributed by atoms with Gasteiger partial charge >= 0.3 is 0 Å². The van der Waals surface area contributed by atoms with E-state index in [2.05, 4.69) is 10.4 Å². The van der Waals surface area contributed by atoms with Gasteiger partial charge in [0.25, 0.3) is 11.5 Å². The first-order valence-electron chi connectivity index (χ1n) is 8.57. The number of ether oxygens (including phenoxy) is 1. The summed E-state index contributed by atoms with van der Waals surface area (Å²) in [5, 5.41) is 21.6. The van der Waals surface area contributed by atoms with Gasteiger partial charge in [0.2, 0.25) is 10.0 Å². The summed E-state index contributed by atoms with van der Waals surface area (Å²) < 4.78 is 28.7. The van der Waals surface area contributed by atoms with Gasteiger partial charge in [0.05, 0.1) is 12.0 Å². The van der Waals surface area contributed by atoms with Crippen molar-refractivity contribution in [1.82, 2.24) is 15.1 Å². The van der Waals surface area contributed by atoms with Gasteiger partial charge < -0.3 is 15.2 Å². The van der Waals surface area contributed by atoms with Crippen LogP contribution in [-0.2, 0) is 16.6 Å². The Bertz CT molecular complexity index is 1250. The Morgan fingerprint density at radius 2 is 1.87 bits per heavy atom. The highest BCUT2D eigenvalue weighted by atomic mass is 32.2. The van der Waals surface area contributed by atoms with Crippen LogP contribution >= 0.6 is 0 Å². The van der Waals surface area contributed by atoms with E-state index in [9.17, 15) is 23.1 Å². The molecule has 1 amide bonds. The molecule has 3 aromatic rings. The molecule has 0 unspecified atom stereocenters. The molecule has 0 bridgehead atoms. The van der Waals surface area contributed by atoms with Crippen LogP contribution in [0.4, 0.5) is 0 Å². The Hall–Kier alpha value is -3.70. The van der Waals surface area contributed by atoms with Gasteiger partial charge in [-0.3, -0.25) is 9.59 Å². The fourth-order valence-electron chi connectivity index (χ4n) is 2.65. The molecular formula is C19H18N4O6S. The molecule has 30 heavy (non-hydrogen) atoms. The molecule has 0 atom stereocenters. The number of carbonyl (C=O) groups is 1. The Labute approximate surface area is 171 Å². The van der Waals surface area contributed by atoms with E-state index in [4.69, 9.17) is 9.88 Å². The van der Waals surface area contributed by atoms with E-state index in [0.29, 0.717) is 17.0 Å². The Morgan fingerprint density at radius 3 is 2.50 bits per heavy atom. The molecule has 156 valence electrons. The number of nitrogens with zero attached hydrogens (tertiary/aromatic N) is 2. The number of amides is 1. The second kappa shape index (κ2) is 8.35. The molecule has 0 aliphatic rings. The van der Waals surface area contributed by atoms with Gasteiger partial charge in [-0.2, -0.15) is 9.78 Å². The van der Waals surface area contributed by atoms with Crippen LogP contribution in [0.2, 0.25) is 0 Å². The molecule has 1 heterocycles. The average Bonchev–Trinajstić information content (AvgIpc) is 2.72. The summed E-state index contributed by atoms with van der Waals surface area (Å²) in [5.41, 5.74) is -0.111. The minimum absolute atomic E-state index is 0.0264. The quantitative estimate of drug-likeness (QED) is 0.515. The molecule has 11 heteroatoms. The molecule has 0 fully saturated rings. The highest BCUT2D eigenvalue weighted by molar-refractivity contribution is 7.89. The number of benzene rings is 2. The number of nitrogens with one attached hydrogen (secondary N) is 1. The highest BCUT2D eigenvalue weighted by Gasteiger charge is 2.18. The SMILES string of the molecule is COc1ccccc1-n1nc(C(=O)NCc2ccc(S(N)(=O)=O)cc2)c(O)cc1=O. The van der Waals surface area contributed by atoms with Crippen LogP contribution < -0.4 is 20.8 Å². The van der Waals surface area contributed by atoms with Gasteiger partial charge in [0.15, 0.2) is 11.4 Å². The van der Waals surface area contributed by atoms with Crippen molar-refractivity contribution in [3.63, 3.8) is 0 Å². The average molecular weight is 430 g/mol. The number of hydrogen-bond acceptors (Lipinski definition) is 7. The number of rotatable bonds is 6. The summed E-state index contributed by atoms with van der Waals surface area (Å²) in [7, 11) is -2.38. The van der Waals surface area contributed by atoms with Gasteiger partial charge in [-0.25, -0.2) is 13.6 Å². The third-order valence-corrected chi connectivity index (χ3v) is 5.07. The van der Waals surface area contributed by atoms with Gasteiger partial charge in [0, 0.05) is 12.6 Å². The number of nitrogens with two attached hydrogens (primary N) is 1. The van der Waals surface area contributed by atoms with E-state index in [1.165, 1.54) is 31.4 Å². The van der Waals surface area contributed by atoms with Crippen LogP contribution in [0.1, 0.15) is 16.1 Å². The summed E-state index contributed by atoms with van der Waals surface area (Å²) in [5.74, 6) is -0.945. The van der Waals surface area contributed by atoms with Crippen LogP contribution in [0.15, 0.2) is 64.3 Å². The van der Waals surface area contributed by atoms with E-state index < -0.39 is 27.2 Å². The van der Waals surface area contributed by atoms with Crippen molar-refractivity contribution in [2.45, 2.75) is 11.4 Å². The van der Waals surface area contributed by atoms with Crippen LogP contribution in [0.3, 0.4) is 0 Å². The third kappa shape index (κ3) is 4.47. The van der Waals surface area contributed by atoms with Crippen molar-refractivity contribution in [2.75, 3.05) is 7.11 Å². The topological polar surface area (TPSA) is 154 Å². The third-order valence-electron chi connectivity index (χ3n) is 4.14. The zero-order valence-electron chi connectivity index (χ0n) is 15.8. The summed E-state index contributed by atoms with van der Waals surface area (Å²) in [6.07, 6.45) is 0. The summed E-state index contributed by atoms with van der Waals surface area (Å²) >= 11 is 0. The molecule has 0 aliphatic carbocycles. The lowest BCUT2D eigenvalue weighted by molar-refractivity contribution is 0.0941. The van der Waals surface area contributed by atoms with Crippen LogP contribution in [0.5, 0.6) is 11.5 Å². The Morgan fingerprint density at radius 1 is 1.20 bits per heavy atom. The molecule has 0 spiro atoms. The summed E-state index contributed by atoms with van der Waals surface area (Å²) in [6, 6.07) is 13.1. The molecule has 0 radical (unpaired) electrons. The van der Waals surface area contributed by atoms with Crippen molar-refractivity contribution < 1.29 is 23.1 Å². The van der Waals surface area contributed by atoms with Crippen molar-refractivity contribution in [1.29, 1.82) is 0 Å². The number of hydrogen-bond donors (Lipinski definition) is 3. The smallest absolute Gasteiger partial charge is 0.275 e. The molecule has 10 nitrogen and oxygen atoms in total. The Balaban J connectivity index is 1.85. The number of sulfonamides is 1. The van der Waals surface area contributed by atoms with Crippen molar-refractivity contribution >= 4 is 15.9 Å². The number of methoxy groups -OCH3 is 1. The minimum Gasteiger partial charge on any atom is -0.505 e. The highest BCUT2D eigenvalue weighted by Crippen LogP contribution is 2.21. The van der Waals surface area contributed by atoms with Crippen molar-refractivity contribution in [3.05, 3.63) is 76.2 Å². The predicted molar refractivity (Wildman–Crippen MR) is 107 cm³/mol. The van der Waals surface area contributed by atoms with Gasteiger partial charge in [-0.15, -0.1) is 0 Å². The molecule has 0 saturated heterocycles. The summed E-state index contributed by atoms with van der Waals surface area (Å²) in [4.78, 5) is 24.7. The largest absolute Gasteiger partial charge is 0.505 e. The maximum Gasteiger partial charge on any atom is 0.275 e. The van der Waals surface area contributed by atoms with Gasteiger partial charge in [0.1, 0.15) is 11.4 Å². The lowest BCUT2D eigenvalue weighted by Gasteiger charge is -2.12. The second-order valence-corrected chi connectivity index (χ2v) is 7.73. The van der Waals surface area contributed by atoms with Crippen LogP contribution in [-0.4, -0.2) is 36.3 Å². The lowest BCUT2D eigenvalue weighted by atomic mass is 10.2. The first-order valence-corrected chi connectivity index (χ1v) is 10.1. The fourth-order valence-corrected chi connectivity index (χ4v) is 3.16. The number of primary sulfonamides is 1. The Kier molecular flexibility index (Phi) is 5.85. The van der Waals surface area contributed by atoms with E-state index in [1.54, 1.807) is 24.3 Å². The van der Waals surface area contributed by atoms with E-state index in [0.717, 1.165) is 10.7 Å². The van der Waals surface area contributed by atoms with Crippen molar-refractivity contribution in [2.24, 2.45) is 5.14 Å². The monoisotopic (exact) mass is 430 g/mol. The molecule has 3 rings (SSSR count). The molecule has 0 aliphatic heterocycles. The van der Waals surface area contributed by atoms with E-state index in [1.807, 2.05) is 0 Å². The predicted octanol–water partition coefficient (Wildman–Crippen LogP) is 0.524. The summed E-state index contributed by atoms with van der Waals surface area (Å²) in [6.45, 7) is 0.0264. The first kappa shape index (κ1) is 21.0. The fraction of sp³-hybridized carbons (Fsp3) is 0.105. The molecular weight excluding hydrogens is 412 g/mol. The molecule has 1 aromatic heterocycles. The van der Waals surface area contributed by atoms with E-state index in [-0.39, 0.29) is 17.1 Å². The zero-order chi connectivity index (χ0) is 21.9. The van der Waals surface area contributed by atoms with E-state index >= 15 is 0 Å². The van der Waals surface area contributed by atoms with Crippen LogP contribution in [0.25, 0.3) is 5.69 Å². The zero-order valence-corrected chi connectivity index (χ0v) is 16.6. The maximum absolute atomic E-state index is 12.5. The van der Waals surface area contributed by atoms with Crippen molar-refractivity contribution in [3.8, 4) is 17.2 Å². The normalized spacial score (nSPS) is 11.1. The van der Waals surface area contributed by atoms with Gasteiger partial charge in [-0.1, -0.05) is 24.3 Å². The molecule has 0 saturated carbocycles. The number of carbonyl (C=O) groups excluding carboxylic acids is 1. The van der Waals surface area contributed by atoms with Crippen LogP contribution in [0, 0.1) is 0 Å². The van der Waals surface area contributed by atoms with Gasteiger partial charge in [-0.05, 0) is 29.8 Å². The minimum atomic E-state index is -3.81. The second-order valence-electron chi connectivity index (χ2n) is 6.17. The first-order chi connectivity index (χ1) is 14.2. The lowest BCUT2D eigenvalue weighted by Crippen LogP contribution is -2.29.